The molecular weight excluding hydrogens is 364 g/mol. The Balaban J connectivity index is 1.32. The molecule has 27 heavy (non-hydrogen) atoms. The highest BCUT2D eigenvalue weighted by atomic mass is 32.2. The summed E-state index contributed by atoms with van der Waals surface area (Å²) in [5, 5.41) is 7.22. The van der Waals surface area contributed by atoms with E-state index in [0.717, 1.165) is 37.8 Å². The number of amides is 1. The molecule has 3 heterocycles. The third-order valence-electron chi connectivity index (χ3n) is 5.20. The summed E-state index contributed by atoms with van der Waals surface area (Å²) in [6.07, 6.45) is 4.86. The van der Waals surface area contributed by atoms with Gasteiger partial charge < -0.3 is 5.32 Å². The van der Waals surface area contributed by atoms with Crippen LogP contribution in [0.25, 0.3) is 0 Å². The zero-order valence-electron chi connectivity index (χ0n) is 15.2. The van der Waals surface area contributed by atoms with Crippen molar-refractivity contribution >= 4 is 21.7 Å². The van der Waals surface area contributed by atoms with Crippen LogP contribution in [0.4, 0.5) is 5.82 Å². The lowest BCUT2D eigenvalue weighted by molar-refractivity contribution is -0.116. The number of fused-ring (bicyclic) bond motifs is 1. The van der Waals surface area contributed by atoms with Gasteiger partial charge >= 0.3 is 0 Å². The molecule has 1 aromatic heterocycles. The van der Waals surface area contributed by atoms with Crippen LogP contribution in [0, 0.1) is 0 Å². The summed E-state index contributed by atoms with van der Waals surface area (Å²) in [6, 6.07) is 8.80. The lowest BCUT2D eigenvalue weighted by Crippen LogP contribution is -2.27. The first-order valence-corrected chi connectivity index (χ1v) is 10.9. The molecule has 1 amide bonds. The zero-order chi connectivity index (χ0) is 18.9. The van der Waals surface area contributed by atoms with Crippen molar-refractivity contribution in [2.24, 2.45) is 0 Å². The van der Waals surface area contributed by atoms with Gasteiger partial charge in [0.15, 0.2) is 5.82 Å². The molecule has 0 saturated carbocycles. The van der Waals surface area contributed by atoms with E-state index in [9.17, 15) is 13.2 Å². The maximum absolute atomic E-state index is 12.5. The predicted molar refractivity (Wildman–Crippen MR) is 102 cm³/mol. The summed E-state index contributed by atoms with van der Waals surface area (Å²) in [6.45, 7) is 2.11. The van der Waals surface area contributed by atoms with Crippen molar-refractivity contribution in [1.82, 2.24) is 14.1 Å². The van der Waals surface area contributed by atoms with Crippen molar-refractivity contribution in [3.63, 3.8) is 0 Å². The number of sulfonamides is 1. The summed E-state index contributed by atoms with van der Waals surface area (Å²) >= 11 is 0. The fourth-order valence-electron chi connectivity index (χ4n) is 3.69. The third-order valence-corrected chi connectivity index (χ3v) is 7.11. The number of nitrogens with one attached hydrogen (secondary N) is 1. The first kappa shape index (κ1) is 18.2. The highest BCUT2D eigenvalue weighted by molar-refractivity contribution is 7.89. The Labute approximate surface area is 159 Å². The van der Waals surface area contributed by atoms with E-state index in [2.05, 4.69) is 10.4 Å². The number of rotatable bonds is 6. The second-order valence-electron chi connectivity index (χ2n) is 7.15. The molecule has 7 nitrogen and oxygen atoms in total. The third kappa shape index (κ3) is 3.91. The number of hydrogen-bond acceptors (Lipinski definition) is 4. The average molecular weight is 388 g/mol. The van der Waals surface area contributed by atoms with E-state index in [1.807, 2.05) is 10.7 Å². The fourth-order valence-corrected chi connectivity index (χ4v) is 5.21. The quantitative estimate of drug-likeness (QED) is 0.822. The minimum Gasteiger partial charge on any atom is -0.309 e. The average Bonchev–Trinajstić information content (AvgIpc) is 3.38. The van der Waals surface area contributed by atoms with Crippen LogP contribution in [0.5, 0.6) is 0 Å². The Morgan fingerprint density at radius 2 is 1.81 bits per heavy atom. The normalized spacial score (nSPS) is 17.2. The second-order valence-corrected chi connectivity index (χ2v) is 9.09. The SMILES string of the molecule is O=C(CCc1ccc(S(=O)(=O)N2CCCC2)cc1)Nc1cc2n(n1)CCC2. The largest absolute Gasteiger partial charge is 0.309 e. The summed E-state index contributed by atoms with van der Waals surface area (Å²) < 4.78 is 28.5. The number of aromatic nitrogens is 2. The maximum atomic E-state index is 12.5. The second kappa shape index (κ2) is 7.44. The molecule has 0 spiro atoms. The first-order chi connectivity index (χ1) is 13.0. The van der Waals surface area contributed by atoms with Gasteiger partial charge in [0.2, 0.25) is 15.9 Å². The molecule has 8 heteroatoms. The molecule has 0 atom stereocenters. The molecular formula is C19H24N4O3S. The number of carbonyl (C=O) groups is 1. The van der Waals surface area contributed by atoms with E-state index in [0.29, 0.717) is 36.6 Å². The topological polar surface area (TPSA) is 84.3 Å². The molecule has 1 fully saturated rings. The summed E-state index contributed by atoms with van der Waals surface area (Å²) in [5.41, 5.74) is 2.11. The van der Waals surface area contributed by atoms with Crippen molar-refractivity contribution in [2.45, 2.75) is 50.0 Å². The monoisotopic (exact) mass is 388 g/mol. The smallest absolute Gasteiger partial charge is 0.243 e. The zero-order valence-corrected chi connectivity index (χ0v) is 16.0. The molecule has 0 unspecified atom stereocenters. The van der Waals surface area contributed by atoms with E-state index in [-0.39, 0.29) is 5.91 Å². The molecule has 0 radical (unpaired) electrons. The maximum Gasteiger partial charge on any atom is 0.243 e. The van der Waals surface area contributed by atoms with Gasteiger partial charge in [0, 0.05) is 37.8 Å². The van der Waals surface area contributed by atoms with Gasteiger partial charge in [-0.1, -0.05) is 12.1 Å². The number of aryl methyl sites for hydroxylation is 3. The standard InChI is InChI=1S/C19H24N4O3S/c24-19(20-18-14-16-4-3-13-23(16)21-18)10-7-15-5-8-17(9-6-15)27(25,26)22-11-1-2-12-22/h5-6,8-9,14H,1-4,7,10-13H2,(H,20,21,24). The minimum absolute atomic E-state index is 0.0828. The Kier molecular flexibility index (Phi) is 5.01. The van der Waals surface area contributed by atoms with Crippen molar-refractivity contribution in [2.75, 3.05) is 18.4 Å². The molecule has 2 aliphatic heterocycles. The molecule has 2 aromatic rings. The van der Waals surface area contributed by atoms with Crippen LogP contribution in [0.2, 0.25) is 0 Å². The molecule has 2 aliphatic rings. The Bertz CT molecular complexity index is 907. The Hall–Kier alpha value is -2.19. The van der Waals surface area contributed by atoms with Gasteiger partial charge in [0.1, 0.15) is 0 Å². The van der Waals surface area contributed by atoms with Crippen molar-refractivity contribution in [3.05, 3.63) is 41.6 Å². The van der Waals surface area contributed by atoms with Gasteiger partial charge in [-0.2, -0.15) is 9.40 Å². The van der Waals surface area contributed by atoms with Crippen LogP contribution in [0.1, 0.15) is 36.9 Å². The minimum atomic E-state index is -3.38. The van der Waals surface area contributed by atoms with Crippen molar-refractivity contribution in [1.29, 1.82) is 0 Å². The highest BCUT2D eigenvalue weighted by Crippen LogP contribution is 2.22. The van der Waals surface area contributed by atoms with Crippen LogP contribution in [0.3, 0.4) is 0 Å². The lowest BCUT2D eigenvalue weighted by atomic mass is 10.1. The van der Waals surface area contributed by atoms with Gasteiger partial charge in [-0.3, -0.25) is 9.48 Å². The van der Waals surface area contributed by atoms with Gasteiger partial charge in [0.25, 0.3) is 0 Å². The van der Waals surface area contributed by atoms with Crippen molar-refractivity contribution < 1.29 is 13.2 Å². The van der Waals surface area contributed by atoms with E-state index in [1.165, 1.54) is 10.00 Å². The molecule has 1 N–H and O–H groups in total. The van der Waals surface area contributed by atoms with Crippen LogP contribution < -0.4 is 5.32 Å². The van der Waals surface area contributed by atoms with E-state index in [1.54, 1.807) is 24.3 Å². The predicted octanol–water partition coefficient (Wildman–Crippen LogP) is 2.19. The molecule has 1 saturated heterocycles. The Morgan fingerprint density at radius 3 is 2.52 bits per heavy atom. The van der Waals surface area contributed by atoms with Crippen LogP contribution in [-0.2, 0) is 34.2 Å². The summed E-state index contributed by atoms with van der Waals surface area (Å²) in [7, 11) is -3.38. The molecule has 0 bridgehead atoms. The summed E-state index contributed by atoms with van der Waals surface area (Å²) in [5.74, 6) is 0.530. The highest BCUT2D eigenvalue weighted by Gasteiger charge is 2.26. The van der Waals surface area contributed by atoms with Crippen LogP contribution in [0.15, 0.2) is 35.2 Å². The molecule has 0 aliphatic carbocycles. The summed E-state index contributed by atoms with van der Waals surface area (Å²) in [4.78, 5) is 12.5. The number of hydrogen-bond donors (Lipinski definition) is 1. The van der Waals surface area contributed by atoms with Gasteiger partial charge in [-0.15, -0.1) is 0 Å². The van der Waals surface area contributed by atoms with E-state index < -0.39 is 10.0 Å². The number of benzene rings is 1. The number of nitrogens with zero attached hydrogens (tertiary/aromatic N) is 3. The van der Waals surface area contributed by atoms with Crippen LogP contribution >= 0.6 is 0 Å². The first-order valence-electron chi connectivity index (χ1n) is 9.48. The Morgan fingerprint density at radius 1 is 1.07 bits per heavy atom. The van der Waals surface area contributed by atoms with E-state index in [4.69, 9.17) is 0 Å². The van der Waals surface area contributed by atoms with Crippen molar-refractivity contribution in [3.8, 4) is 0 Å². The fraction of sp³-hybridized carbons (Fsp3) is 0.474. The van der Waals surface area contributed by atoms with Crippen LogP contribution in [-0.4, -0.2) is 41.5 Å². The number of anilines is 1. The van der Waals surface area contributed by atoms with Gasteiger partial charge in [-0.05, 0) is 49.8 Å². The number of carbonyl (C=O) groups excluding carboxylic acids is 1. The molecule has 4 rings (SSSR count). The van der Waals surface area contributed by atoms with Gasteiger partial charge in [0.05, 0.1) is 4.90 Å². The van der Waals surface area contributed by atoms with E-state index >= 15 is 0 Å². The lowest BCUT2D eigenvalue weighted by Gasteiger charge is -2.15. The molecule has 1 aromatic carbocycles. The van der Waals surface area contributed by atoms with Gasteiger partial charge in [-0.25, -0.2) is 8.42 Å². The molecule has 144 valence electrons.